The SMILES string of the molecule is c1ccc(-c2cccc(N(c3ccc4cc5c(cc4c3)-c3cc4ccc(N(c6cccc(-c7ccccc7)c6)c6cccc7c6oc6ccccc67)cc4cc3-5)c3cccc4c3oc3ccccc34)c2)cc1. The van der Waals surface area contributed by atoms with Gasteiger partial charge in [-0.1, -0.05) is 158 Å². The maximum Gasteiger partial charge on any atom is 0.159 e. The van der Waals surface area contributed by atoms with Crippen molar-refractivity contribution in [2.45, 2.75) is 0 Å². The molecule has 0 fully saturated rings. The van der Waals surface area contributed by atoms with Crippen LogP contribution in [0.15, 0.2) is 264 Å². The van der Waals surface area contributed by atoms with Crippen molar-refractivity contribution in [3.05, 3.63) is 255 Å². The van der Waals surface area contributed by atoms with Gasteiger partial charge in [0.05, 0.1) is 11.4 Å². The van der Waals surface area contributed by atoms with E-state index < -0.39 is 0 Å². The molecule has 336 valence electrons. The second-order valence-electron chi connectivity index (χ2n) is 18.9. The molecule has 0 bridgehead atoms. The van der Waals surface area contributed by atoms with Gasteiger partial charge in [0.2, 0.25) is 0 Å². The topological polar surface area (TPSA) is 32.8 Å². The Bertz CT molecular complexity index is 4170. The number of hydrogen-bond donors (Lipinski definition) is 0. The van der Waals surface area contributed by atoms with E-state index in [1.165, 1.54) is 54.9 Å². The quantitative estimate of drug-likeness (QED) is 0.152. The fourth-order valence-corrected chi connectivity index (χ4v) is 11.3. The van der Waals surface area contributed by atoms with Gasteiger partial charge in [0.15, 0.2) is 11.2 Å². The van der Waals surface area contributed by atoms with Crippen LogP contribution < -0.4 is 9.80 Å². The highest BCUT2D eigenvalue weighted by molar-refractivity contribution is 6.15. The highest BCUT2D eigenvalue weighted by Gasteiger charge is 2.27. The molecule has 0 amide bonds. The van der Waals surface area contributed by atoms with Gasteiger partial charge in [0.25, 0.3) is 0 Å². The summed E-state index contributed by atoms with van der Waals surface area (Å²) in [5.41, 5.74) is 19.4. The van der Waals surface area contributed by atoms with Gasteiger partial charge in [0.1, 0.15) is 11.2 Å². The highest BCUT2D eigenvalue weighted by atomic mass is 16.3. The molecule has 0 atom stereocenters. The highest BCUT2D eigenvalue weighted by Crippen LogP contribution is 2.52. The first kappa shape index (κ1) is 40.3. The molecule has 15 rings (SSSR count). The minimum Gasteiger partial charge on any atom is -0.454 e. The molecule has 0 spiro atoms. The fraction of sp³-hybridized carbons (Fsp3) is 0. The number of anilines is 6. The minimum atomic E-state index is 0.862. The van der Waals surface area contributed by atoms with Crippen molar-refractivity contribution in [2.75, 3.05) is 9.80 Å². The van der Waals surface area contributed by atoms with E-state index in [0.29, 0.717) is 0 Å². The van der Waals surface area contributed by atoms with Crippen molar-refractivity contribution in [3.8, 4) is 44.5 Å². The summed E-state index contributed by atoms with van der Waals surface area (Å²) >= 11 is 0. The lowest BCUT2D eigenvalue weighted by Gasteiger charge is -2.29. The Balaban J connectivity index is 0.844. The Morgan fingerprint density at radius 1 is 0.236 bits per heavy atom. The van der Waals surface area contributed by atoms with Crippen LogP contribution in [0.3, 0.4) is 0 Å². The number of hydrogen-bond acceptors (Lipinski definition) is 4. The molecule has 0 saturated carbocycles. The summed E-state index contributed by atoms with van der Waals surface area (Å²) in [6, 6.07) is 91.6. The van der Waals surface area contributed by atoms with Crippen molar-refractivity contribution < 1.29 is 8.83 Å². The van der Waals surface area contributed by atoms with Gasteiger partial charge in [-0.2, -0.15) is 0 Å². The maximum atomic E-state index is 6.69. The summed E-state index contributed by atoms with van der Waals surface area (Å²) in [5, 5.41) is 9.17. The van der Waals surface area contributed by atoms with E-state index in [0.717, 1.165) is 89.1 Å². The second kappa shape index (κ2) is 16.0. The van der Waals surface area contributed by atoms with Crippen molar-refractivity contribution in [3.63, 3.8) is 0 Å². The summed E-state index contributed by atoms with van der Waals surface area (Å²) < 4.78 is 13.4. The Hall–Kier alpha value is -9.64. The van der Waals surface area contributed by atoms with Crippen LogP contribution in [0.1, 0.15) is 0 Å². The zero-order valence-corrected chi connectivity index (χ0v) is 39.0. The predicted octanol–water partition coefficient (Wildman–Crippen LogP) is 19.7. The Kier molecular flexibility index (Phi) is 8.92. The van der Waals surface area contributed by atoms with Gasteiger partial charge >= 0.3 is 0 Å². The largest absolute Gasteiger partial charge is 0.454 e. The number of benzene rings is 12. The average Bonchev–Trinajstić information content (AvgIpc) is 4.03. The Labute approximate surface area is 415 Å². The molecule has 2 heterocycles. The third kappa shape index (κ3) is 6.40. The first-order chi connectivity index (χ1) is 35.7. The van der Waals surface area contributed by atoms with Crippen molar-refractivity contribution in [2.24, 2.45) is 0 Å². The molecule has 0 unspecified atom stereocenters. The first-order valence-electron chi connectivity index (χ1n) is 24.6. The van der Waals surface area contributed by atoms with E-state index >= 15 is 0 Å². The predicted molar refractivity (Wildman–Crippen MR) is 301 cm³/mol. The third-order valence-electron chi connectivity index (χ3n) is 14.7. The lowest BCUT2D eigenvalue weighted by molar-refractivity contribution is 0.668. The van der Waals surface area contributed by atoms with Crippen LogP contribution in [0, 0.1) is 0 Å². The van der Waals surface area contributed by atoms with Crippen molar-refractivity contribution in [1.82, 2.24) is 0 Å². The fourth-order valence-electron chi connectivity index (χ4n) is 11.3. The van der Waals surface area contributed by atoms with Crippen molar-refractivity contribution in [1.29, 1.82) is 0 Å². The third-order valence-corrected chi connectivity index (χ3v) is 14.7. The molecule has 2 aromatic heterocycles. The normalized spacial score (nSPS) is 11.9. The number of fused-ring (bicyclic) bond motifs is 12. The maximum absolute atomic E-state index is 6.69. The van der Waals surface area contributed by atoms with Gasteiger partial charge in [-0.25, -0.2) is 0 Å². The first-order valence-corrected chi connectivity index (χ1v) is 24.6. The number of furan rings is 2. The molecule has 0 N–H and O–H groups in total. The van der Waals surface area contributed by atoms with E-state index in [2.05, 4.69) is 252 Å². The van der Waals surface area contributed by atoms with E-state index in [4.69, 9.17) is 8.83 Å². The molecule has 12 aromatic carbocycles. The molecular weight excluding hydrogens is 877 g/mol. The molecule has 0 aliphatic heterocycles. The van der Waals surface area contributed by atoms with Gasteiger partial charge in [-0.15, -0.1) is 0 Å². The van der Waals surface area contributed by atoms with Gasteiger partial charge in [0, 0.05) is 44.3 Å². The van der Waals surface area contributed by atoms with E-state index in [-0.39, 0.29) is 0 Å². The van der Waals surface area contributed by atoms with Gasteiger partial charge < -0.3 is 18.6 Å². The number of nitrogens with zero attached hydrogens (tertiary/aromatic N) is 2. The summed E-state index contributed by atoms with van der Waals surface area (Å²) in [7, 11) is 0. The molecule has 4 nitrogen and oxygen atoms in total. The lowest BCUT2D eigenvalue weighted by atomic mass is 9.78. The van der Waals surface area contributed by atoms with Crippen LogP contribution in [0.25, 0.3) is 110 Å². The van der Waals surface area contributed by atoms with Crippen LogP contribution >= 0.6 is 0 Å². The number of rotatable bonds is 8. The molecular formula is C68H42N2O2. The second-order valence-corrected chi connectivity index (χ2v) is 18.9. The molecule has 0 radical (unpaired) electrons. The van der Waals surface area contributed by atoms with Crippen LogP contribution in [0.2, 0.25) is 0 Å². The molecule has 1 aliphatic rings. The van der Waals surface area contributed by atoms with Gasteiger partial charge in [-0.3, -0.25) is 0 Å². The molecule has 0 saturated heterocycles. The summed E-state index contributed by atoms with van der Waals surface area (Å²) in [6.07, 6.45) is 0. The summed E-state index contributed by atoms with van der Waals surface area (Å²) in [6.45, 7) is 0. The Morgan fingerprint density at radius 3 is 1.06 bits per heavy atom. The summed E-state index contributed by atoms with van der Waals surface area (Å²) in [4.78, 5) is 4.70. The molecule has 4 heteroatoms. The average molecular weight is 919 g/mol. The summed E-state index contributed by atoms with van der Waals surface area (Å²) in [5.74, 6) is 0. The lowest BCUT2D eigenvalue weighted by Crippen LogP contribution is -2.10. The van der Waals surface area contributed by atoms with Crippen LogP contribution in [-0.2, 0) is 0 Å². The van der Waals surface area contributed by atoms with E-state index in [9.17, 15) is 0 Å². The molecule has 72 heavy (non-hydrogen) atoms. The zero-order chi connectivity index (χ0) is 47.3. The number of para-hydroxylation sites is 4. The zero-order valence-electron chi connectivity index (χ0n) is 39.0. The van der Waals surface area contributed by atoms with Crippen LogP contribution in [0.4, 0.5) is 34.1 Å². The van der Waals surface area contributed by atoms with Crippen LogP contribution in [-0.4, -0.2) is 0 Å². The Morgan fingerprint density at radius 2 is 0.597 bits per heavy atom. The molecule has 14 aromatic rings. The monoisotopic (exact) mass is 918 g/mol. The minimum absolute atomic E-state index is 0.862. The smallest absolute Gasteiger partial charge is 0.159 e. The van der Waals surface area contributed by atoms with Crippen LogP contribution in [0.5, 0.6) is 0 Å². The van der Waals surface area contributed by atoms with E-state index in [1.807, 2.05) is 12.1 Å². The van der Waals surface area contributed by atoms with E-state index in [1.54, 1.807) is 0 Å². The van der Waals surface area contributed by atoms with Crippen molar-refractivity contribution >= 4 is 99.5 Å². The molecule has 1 aliphatic carbocycles. The standard InChI is InChI=1S/C68H42N2O2/c1-3-15-43(16-4-1)45-19-11-21-51(35-45)69(63-27-13-25-57-55-23-7-9-29-65(55)71-67(57)63)53-33-31-47-39-59-61(41-49(47)37-53)60-40-48-32-34-54(38-50(48)42-62(59)60)70(52-22-12-20-46(36-52)44-17-5-2-6-18-44)64-28-14-26-58-56-24-8-10-30-66(56)72-68(58)64/h1-42H. The van der Waals surface area contributed by atoms with Gasteiger partial charge in [-0.05, 0) is 163 Å².